The first-order valence-corrected chi connectivity index (χ1v) is 13.6. The van der Waals surface area contributed by atoms with Gasteiger partial charge in [-0.05, 0) is 71.4 Å². The van der Waals surface area contributed by atoms with Crippen LogP contribution in [0.5, 0.6) is 6.01 Å². The zero-order chi connectivity index (χ0) is 27.3. The molecule has 3 N–H and O–H groups in total. The molecular formula is C29H48N6O2. The maximum atomic E-state index is 11.0. The number of likely N-dealkylation sites (tertiary alicyclic amines) is 1. The van der Waals surface area contributed by atoms with Crippen molar-refractivity contribution in [3.05, 3.63) is 24.3 Å². The molecule has 2 fully saturated rings. The third-order valence-corrected chi connectivity index (χ3v) is 6.22. The number of terminal acetylenes is 1. The van der Waals surface area contributed by atoms with Gasteiger partial charge in [-0.1, -0.05) is 44.1 Å². The molecule has 0 bridgehead atoms. The SMILES string of the molecule is C#CC.C/C=C\CC.CN(CC/C=C/CN1CCCC1)c1nc(OCC2CCCC2)nc(N)c1NC=O. The highest BCUT2D eigenvalue weighted by Gasteiger charge is 2.19. The predicted octanol–water partition coefficient (Wildman–Crippen LogP) is 5.29. The normalized spacial score (nSPS) is 15.5. The molecular weight excluding hydrogens is 464 g/mol. The van der Waals surface area contributed by atoms with Crippen molar-refractivity contribution in [2.24, 2.45) is 5.92 Å². The van der Waals surface area contributed by atoms with E-state index in [1.54, 1.807) is 6.92 Å². The molecule has 1 saturated heterocycles. The number of nitrogens with two attached hydrogens (primary N) is 1. The second-order valence-electron chi connectivity index (χ2n) is 9.27. The lowest BCUT2D eigenvalue weighted by atomic mass is 10.1. The average molecular weight is 513 g/mol. The number of carbonyl (C=O) groups is 1. The van der Waals surface area contributed by atoms with Crippen molar-refractivity contribution >= 4 is 23.7 Å². The average Bonchev–Trinajstić information content (AvgIpc) is 3.60. The summed E-state index contributed by atoms with van der Waals surface area (Å²) in [5, 5.41) is 2.64. The van der Waals surface area contributed by atoms with Gasteiger partial charge in [-0.2, -0.15) is 9.97 Å². The first kappa shape index (κ1) is 32.0. The Hall–Kier alpha value is -3.05. The minimum absolute atomic E-state index is 0.222. The standard InChI is InChI=1S/C21H34N6O2.C5H10.C3H4/c1-26(11-5-2-6-12-27-13-7-8-14-27)20-18(23-16-28)19(22)24-21(25-20)29-15-17-9-3-4-10-17;1-3-5-4-2;1-3-2/h2,6,16-17H,3-5,7-15H2,1H3,(H,23,28)(H2,22,24,25);3,5H,4H2,1-2H3;1H,2H3/b6-2+;5-3-;. The Labute approximate surface area is 224 Å². The number of rotatable bonds is 12. The van der Waals surface area contributed by atoms with E-state index in [0.29, 0.717) is 30.4 Å². The summed E-state index contributed by atoms with van der Waals surface area (Å²) in [5.41, 5.74) is 6.50. The van der Waals surface area contributed by atoms with E-state index in [9.17, 15) is 4.79 Å². The molecule has 8 heteroatoms. The van der Waals surface area contributed by atoms with Gasteiger partial charge < -0.3 is 20.7 Å². The molecule has 1 aromatic heterocycles. The van der Waals surface area contributed by atoms with Gasteiger partial charge in [-0.15, -0.1) is 12.3 Å². The van der Waals surface area contributed by atoms with Gasteiger partial charge in [-0.3, -0.25) is 9.69 Å². The maximum Gasteiger partial charge on any atom is 0.320 e. The Balaban J connectivity index is 0.000000751. The van der Waals surface area contributed by atoms with E-state index >= 15 is 0 Å². The smallest absolute Gasteiger partial charge is 0.320 e. The molecule has 0 atom stereocenters. The zero-order valence-electron chi connectivity index (χ0n) is 23.4. The fourth-order valence-corrected chi connectivity index (χ4v) is 4.27. The number of allylic oxidation sites excluding steroid dienone is 2. The minimum atomic E-state index is 0.222. The van der Waals surface area contributed by atoms with Crippen molar-refractivity contribution in [2.45, 2.75) is 72.1 Å². The number of ether oxygens (including phenoxy) is 1. The number of nitrogen functional groups attached to an aromatic ring is 1. The highest BCUT2D eigenvalue weighted by Crippen LogP contribution is 2.31. The predicted molar refractivity (Wildman–Crippen MR) is 156 cm³/mol. The Morgan fingerprint density at radius 1 is 1.19 bits per heavy atom. The van der Waals surface area contributed by atoms with Crippen molar-refractivity contribution < 1.29 is 9.53 Å². The number of hydrogen-bond acceptors (Lipinski definition) is 7. The van der Waals surface area contributed by atoms with Gasteiger partial charge in [0.05, 0.1) is 6.61 Å². The molecule has 1 saturated carbocycles. The Morgan fingerprint density at radius 3 is 2.43 bits per heavy atom. The lowest BCUT2D eigenvalue weighted by Crippen LogP contribution is -2.23. The number of nitrogens with one attached hydrogen (secondary N) is 1. The number of anilines is 3. The van der Waals surface area contributed by atoms with Crippen LogP contribution in [0.4, 0.5) is 17.3 Å². The van der Waals surface area contributed by atoms with Crippen LogP contribution in [0.1, 0.15) is 72.1 Å². The Bertz CT molecular complexity index is 853. The van der Waals surface area contributed by atoms with Gasteiger partial charge in [-0.25, -0.2) is 0 Å². The maximum absolute atomic E-state index is 11.0. The lowest BCUT2D eigenvalue weighted by Gasteiger charge is -2.22. The second kappa shape index (κ2) is 20.1. The molecule has 3 rings (SSSR count). The molecule has 1 aliphatic heterocycles. The van der Waals surface area contributed by atoms with Crippen LogP contribution in [0, 0.1) is 18.3 Å². The number of aromatic nitrogens is 2. The van der Waals surface area contributed by atoms with E-state index < -0.39 is 0 Å². The van der Waals surface area contributed by atoms with Crippen LogP contribution in [-0.4, -0.2) is 61.1 Å². The molecule has 37 heavy (non-hydrogen) atoms. The van der Waals surface area contributed by atoms with Crippen LogP contribution in [0.15, 0.2) is 24.3 Å². The molecule has 1 aromatic rings. The molecule has 0 aromatic carbocycles. The Morgan fingerprint density at radius 2 is 1.86 bits per heavy atom. The summed E-state index contributed by atoms with van der Waals surface area (Å²) in [6, 6.07) is 0.275. The van der Waals surface area contributed by atoms with Gasteiger partial charge >= 0.3 is 6.01 Å². The summed E-state index contributed by atoms with van der Waals surface area (Å²) in [5.74, 6) is 3.62. The number of hydrogen-bond donors (Lipinski definition) is 2. The molecule has 0 unspecified atom stereocenters. The Kier molecular flexibility index (Phi) is 17.3. The van der Waals surface area contributed by atoms with Crippen molar-refractivity contribution in [3.63, 3.8) is 0 Å². The molecule has 1 amide bonds. The first-order valence-electron chi connectivity index (χ1n) is 13.6. The summed E-state index contributed by atoms with van der Waals surface area (Å²) in [7, 11) is 1.94. The quantitative estimate of drug-likeness (QED) is 0.223. The molecule has 2 aliphatic rings. The van der Waals surface area contributed by atoms with Crippen molar-refractivity contribution in [1.29, 1.82) is 0 Å². The summed E-state index contributed by atoms with van der Waals surface area (Å²) < 4.78 is 5.83. The van der Waals surface area contributed by atoms with Crippen LogP contribution >= 0.6 is 0 Å². The summed E-state index contributed by atoms with van der Waals surface area (Å²) in [6.45, 7) is 10.6. The van der Waals surface area contributed by atoms with E-state index in [-0.39, 0.29) is 11.8 Å². The van der Waals surface area contributed by atoms with Gasteiger partial charge in [0.15, 0.2) is 11.6 Å². The summed E-state index contributed by atoms with van der Waals surface area (Å²) in [4.78, 5) is 24.2. The van der Waals surface area contributed by atoms with Crippen molar-refractivity contribution in [1.82, 2.24) is 14.9 Å². The van der Waals surface area contributed by atoms with Crippen molar-refractivity contribution in [3.8, 4) is 18.4 Å². The number of carbonyl (C=O) groups excluding carboxylic acids is 1. The van der Waals surface area contributed by atoms with Gasteiger partial charge in [0.2, 0.25) is 6.41 Å². The molecule has 0 radical (unpaired) electrons. The molecule has 1 aliphatic carbocycles. The first-order chi connectivity index (χ1) is 18.0. The van der Waals surface area contributed by atoms with Crippen LogP contribution < -0.4 is 20.7 Å². The third kappa shape index (κ3) is 13.2. The molecule has 8 nitrogen and oxygen atoms in total. The number of amides is 1. The van der Waals surface area contributed by atoms with E-state index in [4.69, 9.17) is 10.5 Å². The van der Waals surface area contributed by atoms with Gasteiger partial charge in [0.1, 0.15) is 5.69 Å². The van der Waals surface area contributed by atoms with E-state index in [1.807, 2.05) is 18.9 Å². The monoisotopic (exact) mass is 512 g/mol. The topological polar surface area (TPSA) is 96.6 Å². The third-order valence-electron chi connectivity index (χ3n) is 6.22. The fourth-order valence-electron chi connectivity index (χ4n) is 4.27. The van der Waals surface area contributed by atoms with Crippen LogP contribution in [0.2, 0.25) is 0 Å². The van der Waals surface area contributed by atoms with Crippen LogP contribution in [0.3, 0.4) is 0 Å². The zero-order valence-corrected chi connectivity index (χ0v) is 23.4. The summed E-state index contributed by atoms with van der Waals surface area (Å²) >= 11 is 0. The van der Waals surface area contributed by atoms with Crippen molar-refractivity contribution in [2.75, 3.05) is 55.8 Å². The van der Waals surface area contributed by atoms with E-state index in [1.165, 1.54) is 51.6 Å². The molecule has 0 spiro atoms. The van der Waals surface area contributed by atoms with Gasteiger partial charge in [0, 0.05) is 20.1 Å². The lowest BCUT2D eigenvalue weighted by molar-refractivity contribution is -0.105. The highest BCUT2D eigenvalue weighted by molar-refractivity contribution is 5.86. The van der Waals surface area contributed by atoms with Crippen LogP contribution in [-0.2, 0) is 4.79 Å². The molecule has 2 heterocycles. The number of nitrogens with zero attached hydrogens (tertiary/aromatic N) is 4. The van der Waals surface area contributed by atoms with E-state index in [0.717, 1.165) is 25.9 Å². The second-order valence-corrected chi connectivity index (χ2v) is 9.27. The molecule has 206 valence electrons. The summed E-state index contributed by atoms with van der Waals surface area (Å²) in [6.07, 6.45) is 23.4. The van der Waals surface area contributed by atoms with Gasteiger partial charge in [0.25, 0.3) is 0 Å². The van der Waals surface area contributed by atoms with E-state index in [2.05, 4.69) is 63.8 Å². The van der Waals surface area contributed by atoms with Crippen LogP contribution in [0.25, 0.3) is 0 Å². The minimum Gasteiger partial charge on any atom is -0.463 e. The highest BCUT2D eigenvalue weighted by atomic mass is 16.5. The largest absolute Gasteiger partial charge is 0.463 e. The fraction of sp³-hybridized carbons (Fsp3) is 0.621.